The van der Waals surface area contributed by atoms with Crippen LogP contribution in [0, 0.1) is 0 Å². The van der Waals surface area contributed by atoms with Crippen LogP contribution < -0.4 is 9.80 Å². The van der Waals surface area contributed by atoms with Gasteiger partial charge in [-0.1, -0.05) is 121 Å². The van der Waals surface area contributed by atoms with Crippen LogP contribution in [0.3, 0.4) is 0 Å². The third-order valence-corrected chi connectivity index (χ3v) is 13.0. The maximum atomic E-state index is 2.38. The van der Waals surface area contributed by atoms with Gasteiger partial charge in [0.15, 0.2) is 0 Å². The van der Waals surface area contributed by atoms with Gasteiger partial charge in [0.1, 0.15) is 0 Å². The Kier molecular flexibility index (Phi) is 7.26. The second-order valence-electron chi connectivity index (χ2n) is 13.9. The summed E-state index contributed by atoms with van der Waals surface area (Å²) in [5.41, 5.74) is 14.6. The second-order valence-corrected chi connectivity index (χ2v) is 16.0. The van der Waals surface area contributed by atoms with Crippen LogP contribution in [-0.4, -0.2) is 11.6 Å². The molecule has 0 saturated carbocycles. The Morgan fingerprint density at radius 1 is 0.352 bits per heavy atom. The molecular weight excluding hydrogens is 695 g/mol. The van der Waals surface area contributed by atoms with Crippen LogP contribution >= 0.6 is 23.5 Å². The first kappa shape index (κ1) is 31.4. The van der Waals surface area contributed by atoms with Gasteiger partial charge >= 0.3 is 0 Å². The van der Waals surface area contributed by atoms with E-state index in [0.29, 0.717) is 0 Å². The first-order chi connectivity index (χ1) is 26.7. The molecule has 256 valence electrons. The van der Waals surface area contributed by atoms with Gasteiger partial charge in [-0.2, -0.15) is 0 Å². The van der Waals surface area contributed by atoms with Gasteiger partial charge < -0.3 is 14.4 Å². The fourth-order valence-corrected chi connectivity index (χ4v) is 10.4. The quantitative estimate of drug-likeness (QED) is 0.179. The Morgan fingerprint density at radius 2 is 0.778 bits per heavy atom. The molecule has 0 bridgehead atoms. The number of anilines is 5. The van der Waals surface area contributed by atoms with E-state index in [0.717, 1.165) is 5.69 Å². The summed E-state index contributed by atoms with van der Waals surface area (Å²) >= 11 is 3.70. The van der Waals surface area contributed by atoms with Crippen molar-refractivity contribution >= 4 is 73.8 Å². The molecule has 2 aliphatic rings. The average molecular weight is 728 g/mol. The lowest BCUT2D eigenvalue weighted by Gasteiger charge is -2.33. The summed E-state index contributed by atoms with van der Waals surface area (Å²) in [6.45, 7) is 0. The molecule has 3 nitrogen and oxygen atoms in total. The summed E-state index contributed by atoms with van der Waals surface area (Å²) in [4.78, 5) is 9.79. The number of aromatic nitrogens is 1. The average Bonchev–Trinajstić information content (AvgIpc) is 3.57. The number of nitrogens with zero attached hydrogens (tertiary/aromatic N) is 3. The molecule has 3 heterocycles. The molecule has 11 rings (SSSR count). The van der Waals surface area contributed by atoms with Crippen molar-refractivity contribution in [1.82, 2.24) is 4.57 Å². The van der Waals surface area contributed by atoms with E-state index in [1.165, 1.54) is 92.1 Å². The lowest BCUT2D eigenvalue weighted by Crippen LogP contribution is -2.14. The molecule has 8 aromatic carbocycles. The van der Waals surface area contributed by atoms with Crippen molar-refractivity contribution in [2.45, 2.75) is 19.6 Å². The van der Waals surface area contributed by atoms with Crippen molar-refractivity contribution in [3.63, 3.8) is 0 Å². The van der Waals surface area contributed by atoms with E-state index in [1.807, 2.05) is 23.5 Å². The zero-order valence-corrected chi connectivity index (χ0v) is 31.1. The minimum atomic E-state index is 1.16. The highest BCUT2D eigenvalue weighted by Gasteiger charge is 2.25. The normalized spacial score (nSPS) is 13.1. The van der Waals surface area contributed by atoms with Gasteiger partial charge in [-0.3, -0.25) is 0 Å². The van der Waals surface area contributed by atoms with Crippen LogP contribution in [0.4, 0.5) is 28.4 Å². The number of benzene rings is 8. The Labute approximate surface area is 323 Å². The zero-order chi connectivity index (χ0) is 35.8. The van der Waals surface area contributed by atoms with Gasteiger partial charge in [-0.05, 0) is 107 Å². The molecule has 9 aromatic rings. The minimum Gasteiger partial charge on any atom is -0.343 e. The number of hydrogen-bond donors (Lipinski definition) is 0. The molecule has 0 saturated heterocycles. The van der Waals surface area contributed by atoms with Crippen LogP contribution in [-0.2, 0) is 0 Å². The number of para-hydroxylation sites is 4. The van der Waals surface area contributed by atoms with E-state index in [1.54, 1.807) is 0 Å². The highest BCUT2D eigenvalue weighted by Crippen LogP contribution is 2.52. The van der Waals surface area contributed by atoms with Crippen molar-refractivity contribution in [2.24, 2.45) is 0 Å². The molecular formula is C49H33N3S2. The van der Waals surface area contributed by atoms with E-state index in [4.69, 9.17) is 0 Å². The van der Waals surface area contributed by atoms with Gasteiger partial charge in [0.25, 0.3) is 0 Å². The number of hydrogen-bond acceptors (Lipinski definition) is 4. The fraction of sp³-hybridized carbons (Fsp3) is 0.0204. The van der Waals surface area contributed by atoms with E-state index in [2.05, 4.69) is 203 Å². The second kappa shape index (κ2) is 12.5. The molecule has 1 aromatic heterocycles. The minimum absolute atomic E-state index is 1.16. The summed E-state index contributed by atoms with van der Waals surface area (Å²) < 4.78 is 2.37. The lowest BCUT2D eigenvalue weighted by molar-refractivity contribution is 1.11. The van der Waals surface area contributed by atoms with Crippen LogP contribution in [0.25, 0.3) is 49.7 Å². The van der Waals surface area contributed by atoms with Crippen LogP contribution in [0.2, 0.25) is 0 Å². The zero-order valence-electron chi connectivity index (χ0n) is 29.5. The van der Waals surface area contributed by atoms with Gasteiger partial charge in [0.05, 0.1) is 33.8 Å². The highest BCUT2D eigenvalue weighted by molar-refractivity contribution is 8.00. The predicted molar refractivity (Wildman–Crippen MR) is 229 cm³/mol. The smallest absolute Gasteiger partial charge is 0.0601 e. The van der Waals surface area contributed by atoms with Crippen molar-refractivity contribution in [1.29, 1.82) is 0 Å². The van der Waals surface area contributed by atoms with E-state index < -0.39 is 0 Å². The number of fused-ring (bicyclic) bond motifs is 7. The molecule has 0 fully saturated rings. The standard InChI is InChI=1S/C49H33N3S2/c1-50-42-28-22-34(32-18-24-36(25-19-32)51-40-12-4-2-10-38(40)39-11-3-5-13-41(39)51)30-48(42)54-49-31-35(23-29-43(49)50)33-20-26-37(27-21-33)52-44-14-6-8-16-46(44)53-47-17-9-7-15-45(47)52/h2-31H,1H3. The summed E-state index contributed by atoms with van der Waals surface area (Å²) in [5, 5.41) is 2.56. The maximum absolute atomic E-state index is 2.38. The fourth-order valence-electron chi connectivity index (χ4n) is 8.14. The molecule has 0 amide bonds. The molecule has 0 spiro atoms. The Bertz CT molecular complexity index is 2810. The molecule has 2 aliphatic heterocycles. The molecule has 54 heavy (non-hydrogen) atoms. The van der Waals surface area contributed by atoms with Gasteiger partial charge in [-0.15, -0.1) is 0 Å². The van der Waals surface area contributed by atoms with E-state index in [-0.39, 0.29) is 0 Å². The molecule has 5 heteroatoms. The SMILES string of the molecule is CN1c2ccc(-c3ccc(N4c5ccccc5Sc5ccccc54)cc3)cc2Sc2cc(-c3ccc(-n4c5ccccc5c5ccccc54)cc3)ccc21. The monoisotopic (exact) mass is 727 g/mol. The van der Waals surface area contributed by atoms with E-state index >= 15 is 0 Å². The lowest BCUT2D eigenvalue weighted by atomic mass is 10.0. The first-order valence-electron chi connectivity index (χ1n) is 18.2. The topological polar surface area (TPSA) is 11.4 Å². The van der Waals surface area contributed by atoms with Crippen LogP contribution in [0.1, 0.15) is 0 Å². The predicted octanol–water partition coefficient (Wildman–Crippen LogP) is 14.3. The highest BCUT2D eigenvalue weighted by atomic mass is 32.2. The first-order valence-corrected chi connectivity index (χ1v) is 19.9. The third kappa shape index (κ3) is 5.00. The van der Waals surface area contributed by atoms with Gasteiger partial charge in [0.2, 0.25) is 0 Å². The summed E-state index contributed by atoms with van der Waals surface area (Å²) in [6, 6.07) is 66.5. The molecule has 0 unspecified atom stereocenters. The van der Waals surface area contributed by atoms with Crippen molar-refractivity contribution in [3.8, 4) is 27.9 Å². The van der Waals surface area contributed by atoms with Crippen molar-refractivity contribution in [3.05, 3.63) is 182 Å². The van der Waals surface area contributed by atoms with E-state index in [9.17, 15) is 0 Å². The van der Waals surface area contributed by atoms with Gasteiger partial charge in [0, 0.05) is 48.8 Å². The Morgan fingerprint density at radius 3 is 1.31 bits per heavy atom. The Balaban J connectivity index is 0.889. The molecule has 0 aliphatic carbocycles. The number of rotatable bonds is 4. The summed E-state index contributed by atoms with van der Waals surface area (Å²) in [7, 11) is 2.18. The summed E-state index contributed by atoms with van der Waals surface area (Å²) in [6.07, 6.45) is 0. The largest absolute Gasteiger partial charge is 0.343 e. The van der Waals surface area contributed by atoms with Crippen molar-refractivity contribution in [2.75, 3.05) is 16.8 Å². The third-order valence-electron chi connectivity index (χ3n) is 10.8. The summed E-state index contributed by atoms with van der Waals surface area (Å²) in [5.74, 6) is 0. The Hall–Kier alpha value is -6.14. The van der Waals surface area contributed by atoms with Crippen molar-refractivity contribution < 1.29 is 0 Å². The van der Waals surface area contributed by atoms with Crippen LogP contribution in [0.5, 0.6) is 0 Å². The van der Waals surface area contributed by atoms with Crippen LogP contribution in [0.15, 0.2) is 202 Å². The molecule has 0 atom stereocenters. The maximum Gasteiger partial charge on any atom is 0.0601 e. The van der Waals surface area contributed by atoms with Gasteiger partial charge in [-0.25, -0.2) is 0 Å². The molecule has 0 radical (unpaired) electrons. The molecule has 0 N–H and O–H groups in total.